The number of rotatable bonds is 11. The first-order chi connectivity index (χ1) is 15.9. The highest BCUT2D eigenvalue weighted by atomic mass is 35.5. The van der Waals surface area contributed by atoms with E-state index in [-0.39, 0.29) is 36.2 Å². The molecule has 0 aliphatic heterocycles. The Kier molecular flexibility index (Phi) is 9.04. The lowest BCUT2D eigenvalue weighted by molar-refractivity contribution is -0.118. The first-order valence-electron chi connectivity index (χ1n) is 9.85. The molecular weight excluding hydrogens is 489 g/mol. The first-order valence-corrected chi connectivity index (χ1v) is 11.4. The van der Waals surface area contributed by atoms with Gasteiger partial charge in [0, 0.05) is 17.1 Å². The molecule has 2 aromatic carbocycles. The second-order valence-corrected chi connectivity index (χ2v) is 8.29. The first kappa shape index (κ1) is 24.9. The van der Waals surface area contributed by atoms with Crippen molar-refractivity contribution >= 4 is 52.6 Å². The van der Waals surface area contributed by atoms with Gasteiger partial charge in [0.25, 0.3) is 0 Å². The Balaban J connectivity index is 1.71. The van der Waals surface area contributed by atoms with Crippen LogP contribution in [0, 0.1) is 0 Å². The maximum atomic E-state index is 12.9. The van der Waals surface area contributed by atoms with Crippen LogP contribution in [0.25, 0.3) is 11.3 Å². The van der Waals surface area contributed by atoms with Crippen molar-refractivity contribution in [3.63, 3.8) is 0 Å². The van der Waals surface area contributed by atoms with Gasteiger partial charge in [0.1, 0.15) is 11.5 Å². The van der Waals surface area contributed by atoms with E-state index in [2.05, 4.69) is 15.4 Å². The van der Waals surface area contributed by atoms with Crippen LogP contribution >= 0.6 is 23.2 Å². The minimum atomic E-state index is -1.15. The number of carbonyl (C=O) groups excluding carboxylic acids is 1. The molecule has 174 valence electrons. The van der Waals surface area contributed by atoms with Crippen LogP contribution in [-0.2, 0) is 23.2 Å². The van der Waals surface area contributed by atoms with Crippen LogP contribution in [0.2, 0.25) is 10.0 Å². The van der Waals surface area contributed by atoms with E-state index in [0.717, 1.165) is 0 Å². The molecule has 0 aliphatic carbocycles. The van der Waals surface area contributed by atoms with Crippen molar-refractivity contribution < 1.29 is 23.3 Å². The van der Waals surface area contributed by atoms with Crippen molar-refractivity contribution in [1.29, 1.82) is 0 Å². The number of para-hydroxylation sites is 1. The van der Waals surface area contributed by atoms with Gasteiger partial charge in [-0.3, -0.25) is 10.1 Å². The Morgan fingerprint density at radius 1 is 1.09 bits per heavy atom. The highest BCUT2D eigenvalue weighted by molar-refractivity contribution is 7.63. The summed E-state index contributed by atoms with van der Waals surface area (Å²) in [4.78, 5) is 24.3. The Labute approximate surface area is 203 Å². The predicted octanol–water partition coefficient (Wildman–Crippen LogP) is 3.89. The van der Waals surface area contributed by atoms with Crippen molar-refractivity contribution in [2.45, 2.75) is 19.0 Å². The van der Waals surface area contributed by atoms with E-state index in [1.807, 2.05) is 0 Å². The van der Waals surface area contributed by atoms with Gasteiger partial charge in [-0.15, -0.1) is 0 Å². The normalized spacial score (nSPS) is 11.8. The fourth-order valence-electron chi connectivity index (χ4n) is 3.11. The van der Waals surface area contributed by atoms with Crippen LogP contribution in [0.5, 0.6) is 0 Å². The van der Waals surface area contributed by atoms with Crippen molar-refractivity contribution in [2.75, 3.05) is 11.9 Å². The van der Waals surface area contributed by atoms with Gasteiger partial charge in [-0.05, 0) is 48.9 Å². The number of furan rings is 1. The number of carboxylic acid groups (broad SMARTS) is 1. The van der Waals surface area contributed by atoms with Gasteiger partial charge in [0.15, 0.2) is 0 Å². The highest BCUT2D eigenvalue weighted by Gasteiger charge is 2.21. The molecule has 1 amide bonds. The van der Waals surface area contributed by atoms with E-state index in [1.165, 1.54) is 12.1 Å². The number of nitrogens with one attached hydrogen (secondary N) is 3. The zero-order valence-electron chi connectivity index (χ0n) is 17.2. The van der Waals surface area contributed by atoms with Gasteiger partial charge in [0.05, 0.1) is 40.7 Å². The summed E-state index contributed by atoms with van der Waals surface area (Å²) in [5.74, 6) is -0.495. The van der Waals surface area contributed by atoms with Gasteiger partial charge in [0.2, 0.25) is 5.91 Å². The molecule has 0 saturated heterocycles. The Bertz CT molecular complexity index is 1150. The number of carbonyl (C=O) groups is 2. The van der Waals surface area contributed by atoms with Crippen molar-refractivity contribution in [3.8, 4) is 11.3 Å². The number of anilines is 1. The lowest BCUT2D eigenvalue weighted by atomic mass is 10.1. The van der Waals surface area contributed by atoms with Crippen LogP contribution in [0.4, 0.5) is 5.69 Å². The largest absolute Gasteiger partial charge is 0.478 e. The maximum Gasteiger partial charge on any atom is 0.337 e. The monoisotopic (exact) mass is 509 g/mol. The lowest BCUT2D eigenvalue weighted by Gasteiger charge is -2.18. The summed E-state index contributed by atoms with van der Waals surface area (Å²) in [6.45, 7) is 0.504. The quantitative estimate of drug-likeness (QED) is 0.197. The molecule has 4 N–H and O–H groups in total. The van der Waals surface area contributed by atoms with Crippen LogP contribution in [-0.4, -0.2) is 33.8 Å². The van der Waals surface area contributed by atoms with E-state index in [4.69, 9.17) is 27.6 Å². The summed E-state index contributed by atoms with van der Waals surface area (Å²) < 4.78 is 19.2. The molecule has 1 heterocycles. The number of hydrogen-bond donors (Lipinski definition) is 5. The average Bonchev–Trinajstić information content (AvgIpc) is 3.26. The molecule has 11 heteroatoms. The number of hydrogen-bond acceptors (Lipinski definition) is 5. The third kappa shape index (κ3) is 6.89. The topological polar surface area (TPSA) is 121 Å². The summed E-state index contributed by atoms with van der Waals surface area (Å²) in [5, 5.41) is 16.1. The summed E-state index contributed by atoms with van der Waals surface area (Å²) in [6, 6.07) is 14.0. The smallest absolute Gasteiger partial charge is 0.337 e. The predicted molar refractivity (Wildman–Crippen MR) is 129 cm³/mol. The molecule has 3 rings (SSSR count). The summed E-state index contributed by atoms with van der Waals surface area (Å²) in [5.41, 5.74) is 0.816. The minimum absolute atomic E-state index is 0.0186. The Morgan fingerprint density at radius 2 is 1.88 bits per heavy atom. The summed E-state index contributed by atoms with van der Waals surface area (Å²) >= 11 is 12.0. The van der Waals surface area contributed by atoms with E-state index < -0.39 is 17.9 Å². The molecule has 33 heavy (non-hydrogen) atoms. The molecule has 0 bridgehead atoms. The van der Waals surface area contributed by atoms with Crippen LogP contribution in [0.1, 0.15) is 22.5 Å². The van der Waals surface area contributed by atoms with E-state index >= 15 is 0 Å². The second kappa shape index (κ2) is 12.0. The van der Waals surface area contributed by atoms with Crippen LogP contribution in [0.15, 0.2) is 59.0 Å². The second-order valence-electron chi connectivity index (χ2n) is 6.95. The number of thiol groups is 1. The molecule has 1 aromatic heterocycles. The van der Waals surface area contributed by atoms with Gasteiger partial charge < -0.3 is 14.8 Å². The van der Waals surface area contributed by atoms with Crippen molar-refractivity contribution in [3.05, 3.63) is 76.0 Å². The molecule has 0 fully saturated rings. The third-order valence-corrected chi connectivity index (χ3v) is 5.64. The third-order valence-electron chi connectivity index (χ3n) is 4.72. The molecule has 1 unspecified atom stereocenters. The van der Waals surface area contributed by atoms with Gasteiger partial charge >= 0.3 is 5.97 Å². The standard InChI is InChI=1S/C22H21Cl2N3O5S/c23-13-5-7-17(24)16(11-13)20-8-6-14(32-20)12-25-19(9-10-26-33-31)21(28)27-18-4-2-1-3-15(18)22(29)30/h1-8,11,19,25,33H,9-10,12H2,(H,26,31)(H,27,28)(H,29,30). The van der Waals surface area contributed by atoms with E-state index in [9.17, 15) is 18.9 Å². The number of benzene rings is 2. The number of carboxylic acids is 1. The van der Waals surface area contributed by atoms with Crippen molar-refractivity contribution in [2.24, 2.45) is 0 Å². The summed E-state index contributed by atoms with van der Waals surface area (Å²) in [6.07, 6.45) is 0.296. The SMILES string of the molecule is O=[SH]NCCC(NCc1ccc(-c2cc(Cl)ccc2Cl)o1)C(=O)Nc1ccccc1C(=O)O. The molecule has 8 nitrogen and oxygen atoms in total. The number of halogens is 2. The number of amides is 1. The number of aromatic carboxylic acids is 1. The molecule has 3 aromatic rings. The van der Waals surface area contributed by atoms with Gasteiger partial charge in [-0.2, -0.15) is 0 Å². The average molecular weight is 510 g/mol. The van der Waals surface area contributed by atoms with E-state index in [0.29, 0.717) is 33.6 Å². The molecule has 0 radical (unpaired) electrons. The van der Waals surface area contributed by atoms with E-state index in [1.54, 1.807) is 42.5 Å². The van der Waals surface area contributed by atoms with Crippen LogP contribution in [0.3, 0.4) is 0 Å². The van der Waals surface area contributed by atoms with Gasteiger partial charge in [-0.25, -0.2) is 13.7 Å². The fraction of sp³-hybridized carbons (Fsp3) is 0.182. The van der Waals surface area contributed by atoms with Gasteiger partial charge in [-0.1, -0.05) is 35.3 Å². The Morgan fingerprint density at radius 3 is 2.64 bits per heavy atom. The molecule has 0 aliphatic rings. The molecule has 0 spiro atoms. The minimum Gasteiger partial charge on any atom is -0.478 e. The van der Waals surface area contributed by atoms with Crippen molar-refractivity contribution in [1.82, 2.24) is 10.0 Å². The lowest BCUT2D eigenvalue weighted by Crippen LogP contribution is -2.42. The maximum absolute atomic E-state index is 12.9. The Hall–Kier alpha value is -2.69. The zero-order valence-corrected chi connectivity index (χ0v) is 19.6. The zero-order chi connectivity index (χ0) is 23.8. The molecular formula is C22H21Cl2N3O5S. The molecule has 0 saturated carbocycles. The molecule has 1 atom stereocenters. The summed E-state index contributed by atoms with van der Waals surface area (Å²) in [7, 11) is 0. The highest BCUT2D eigenvalue weighted by Crippen LogP contribution is 2.31. The van der Waals surface area contributed by atoms with Crippen LogP contribution < -0.4 is 15.4 Å². The fourth-order valence-corrected chi connectivity index (χ4v) is 3.71.